The third kappa shape index (κ3) is 7.97. The van der Waals surface area contributed by atoms with Gasteiger partial charge in [0.15, 0.2) is 0 Å². The van der Waals surface area contributed by atoms with E-state index < -0.39 is 34.1 Å². The van der Waals surface area contributed by atoms with E-state index in [-0.39, 0.29) is 23.0 Å². The highest BCUT2D eigenvalue weighted by atomic mass is 35.5. The van der Waals surface area contributed by atoms with Gasteiger partial charge in [0.1, 0.15) is 12.6 Å². The number of anilines is 1. The minimum atomic E-state index is -4.20. The molecule has 0 radical (unpaired) electrons. The number of nitrogens with zero attached hydrogens (tertiary/aromatic N) is 2. The van der Waals surface area contributed by atoms with E-state index in [1.807, 2.05) is 52.0 Å². The van der Waals surface area contributed by atoms with E-state index in [4.69, 9.17) is 23.2 Å². The SMILES string of the molecule is Cc1ccccc1CN(C(=O)CN(c1cccc(Cl)c1)S(=O)(=O)c1ccc(Cl)cc1)[C@@H](C)C(=O)NC(C)(C)C. The summed E-state index contributed by atoms with van der Waals surface area (Å²) in [7, 11) is -4.20. The molecule has 2 amide bonds. The molecule has 0 fully saturated rings. The zero-order valence-corrected chi connectivity index (χ0v) is 24.9. The maximum atomic E-state index is 14.0. The zero-order valence-electron chi connectivity index (χ0n) is 22.6. The highest BCUT2D eigenvalue weighted by molar-refractivity contribution is 7.92. The Morgan fingerprint density at radius 1 is 0.923 bits per heavy atom. The van der Waals surface area contributed by atoms with Crippen molar-refractivity contribution in [2.45, 2.75) is 57.6 Å². The number of rotatable bonds is 9. The second-order valence-electron chi connectivity index (χ2n) is 10.3. The van der Waals surface area contributed by atoms with E-state index in [9.17, 15) is 18.0 Å². The Hall–Kier alpha value is -3.07. The van der Waals surface area contributed by atoms with Crippen LogP contribution in [0.15, 0.2) is 77.7 Å². The zero-order chi connectivity index (χ0) is 29.0. The van der Waals surface area contributed by atoms with Crippen LogP contribution >= 0.6 is 23.2 Å². The van der Waals surface area contributed by atoms with Crippen molar-refractivity contribution in [2.24, 2.45) is 0 Å². The summed E-state index contributed by atoms with van der Waals surface area (Å²) in [6.07, 6.45) is 0. The Labute approximate surface area is 240 Å². The smallest absolute Gasteiger partial charge is 0.264 e. The molecule has 39 heavy (non-hydrogen) atoms. The molecule has 208 valence electrons. The number of halogens is 2. The van der Waals surface area contributed by atoms with Gasteiger partial charge in [-0.15, -0.1) is 0 Å². The van der Waals surface area contributed by atoms with E-state index in [0.29, 0.717) is 10.0 Å². The summed E-state index contributed by atoms with van der Waals surface area (Å²) in [5.41, 5.74) is 1.48. The summed E-state index contributed by atoms with van der Waals surface area (Å²) in [6.45, 7) is 8.68. The lowest BCUT2D eigenvalue weighted by molar-refractivity contribution is -0.140. The molecule has 0 saturated heterocycles. The minimum absolute atomic E-state index is 0.0383. The van der Waals surface area contributed by atoms with Crippen molar-refractivity contribution in [3.63, 3.8) is 0 Å². The number of hydrogen-bond donors (Lipinski definition) is 1. The predicted octanol–water partition coefficient (Wildman–Crippen LogP) is 5.83. The van der Waals surface area contributed by atoms with Crippen molar-refractivity contribution in [1.29, 1.82) is 0 Å². The highest BCUT2D eigenvalue weighted by Crippen LogP contribution is 2.27. The first-order valence-corrected chi connectivity index (χ1v) is 14.6. The molecule has 3 aromatic rings. The first-order valence-electron chi connectivity index (χ1n) is 12.4. The van der Waals surface area contributed by atoms with Gasteiger partial charge >= 0.3 is 0 Å². The second-order valence-corrected chi connectivity index (χ2v) is 13.0. The van der Waals surface area contributed by atoms with Crippen molar-refractivity contribution >= 4 is 50.7 Å². The van der Waals surface area contributed by atoms with Gasteiger partial charge in [-0.3, -0.25) is 13.9 Å². The molecule has 3 rings (SSSR count). The average Bonchev–Trinajstić information content (AvgIpc) is 2.85. The van der Waals surface area contributed by atoms with Gasteiger partial charge < -0.3 is 10.2 Å². The van der Waals surface area contributed by atoms with Crippen molar-refractivity contribution in [3.8, 4) is 0 Å². The van der Waals surface area contributed by atoms with E-state index in [2.05, 4.69) is 5.32 Å². The maximum Gasteiger partial charge on any atom is 0.264 e. The van der Waals surface area contributed by atoms with Gasteiger partial charge in [0.2, 0.25) is 11.8 Å². The van der Waals surface area contributed by atoms with E-state index in [0.717, 1.165) is 15.4 Å². The Kier molecular flexibility index (Phi) is 9.69. The molecule has 3 aromatic carbocycles. The third-order valence-electron chi connectivity index (χ3n) is 6.04. The van der Waals surface area contributed by atoms with Crippen LogP contribution in [0.1, 0.15) is 38.8 Å². The average molecular weight is 591 g/mol. The Morgan fingerprint density at radius 3 is 2.15 bits per heavy atom. The molecule has 1 atom stereocenters. The first kappa shape index (κ1) is 30.5. The summed E-state index contributed by atoms with van der Waals surface area (Å²) < 4.78 is 28.6. The fraction of sp³-hybridized carbons (Fsp3) is 0.310. The van der Waals surface area contributed by atoms with Gasteiger partial charge in [-0.1, -0.05) is 53.5 Å². The molecule has 0 aliphatic carbocycles. The van der Waals surface area contributed by atoms with Crippen molar-refractivity contribution in [2.75, 3.05) is 10.8 Å². The third-order valence-corrected chi connectivity index (χ3v) is 8.32. The van der Waals surface area contributed by atoms with Gasteiger partial charge in [0.25, 0.3) is 10.0 Å². The number of sulfonamides is 1. The quantitative estimate of drug-likeness (QED) is 0.340. The summed E-state index contributed by atoms with van der Waals surface area (Å²) in [4.78, 5) is 28.5. The molecule has 7 nitrogen and oxygen atoms in total. The van der Waals surface area contributed by atoms with Crippen LogP contribution in [0.5, 0.6) is 0 Å². The molecule has 0 aliphatic heterocycles. The van der Waals surface area contributed by atoms with Gasteiger partial charge in [0.05, 0.1) is 10.6 Å². The number of benzene rings is 3. The molecule has 1 N–H and O–H groups in total. The van der Waals surface area contributed by atoms with Crippen molar-refractivity contribution in [1.82, 2.24) is 10.2 Å². The predicted molar refractivity (Wildman–Crippen MR) is 157 cm³/mol. The molecule has 0 saturated carbocycles. The lowest BCUT2D eigenvalue weighted by Crippen LogP contribution is -2.54. The molecule has 0 aliphatic rings. The van der Waals surface area contributed by atoms with Crippen LogP contribution in [-0.2, 0) is 26.2 Å². The lowest BCUT2D eigenvalue weighted by Gasteiger charge is -2.33. The molecular weight excluding hydrogens is 557 g/mol. The van der Waals surface area contributed by atoms with E-state index in [1.54, 1.807) is 25.1 Å². The molecule has 0 bridgehead atoms. The van der Waals surface area contributed by atoms with Crippen molar-refractivity contribution in [3.05, 3.63) is 94.0 Å². The number of amides is 2. The van der Waals surface area contributed by atoms with Crippen molar-refractivity contribution < 1.29 is 18.0 Å². The number of carbonyl (C=O) groups is 2. The number of aryl methyl sites for hydroxylation is 1. The molecular formula is C29H33Cl2N3O4S. The molecule has 0 unspecified atom stereocenters. The van der Waals surface area contributed by atoms with E-state index in [1.165, 1.54) is 35.2 Å². The normalized spacial score (nSPS) is 12.5. The fourth-order valence-corrected chi connectivity index (χ4v) is 5.64. The van der Waals surface area contributed by atoms with Crippen LogP contribution in [0.3, 0.4) is 0 Å². The summed E-state index contributed by atoms with van der Waals surface area (Å²) >= 11 is 12.2. The van der Waals surface area contributed by atoms with Gasteiger partial charge in [-0.25, -0.2) is 8.42 Å². The Balaban J connectivity index is 2.05. The van der Waals surface area contributed by atoms with E-state index >= 15 is 0 Å². The van der Waals surface area contributed by atoms with Crippen LogP contribution in [0.25, 0.3) is 0 Å². The molecule has 0 spiro atoms. The number of nitrogens with one attached hydrogen (secondary N) is 1. The minimum Gasteiger partial charge on any atom is -0.350 e. The second kappa shape index (κ2) is 12.4. The lowest BCUT2D eigenvalue weighted by atomic mass is 10.1. The van der Waals surface area contributed by atoms with Crippen LogP contribution in [0.2, 0.25) is 10.0 Å². The Bertz CT molecular complexity index is 1440. The topological polar surface area (TPSA) is 86.8 Å². The molecule has 0 aromatic heterocycles. The summed E-state index contributed by atoms with van der Waals surface area (Å²) in [6, 6.07) is 18.6. The van der Waals surface area contributed by atoms with Crippen LogP contribution in [0.4, 0.5) is 5.69 Å². The van der Waals surface area contributed by atoms with Gasteiger partial charge in [0, 0.05) is 22.1 Å². The van der Waals surface area contributed by atoms with Gasteiger partial charge in [-0.05, 0) is 88.2 Å². The number of carbonyl (C=O) groups excluding carboxylic acids is 2. The maximum absolute atomic E-state index is 14.0. The van der Waals surface area contributed by atoms with Crippen LogP contribution < -0.4 is 9.62 Å². The summed E-state index contributed by atoms with van der Waals surface area (Å²) in [5, 5.41) is 3.60. The Morgan fingerprint density at radius 2 is 1.56 bits per heavy atom. The summed E-state index contributed by atoms with van der Waals surface area (Å²) in [5.74, 6) is -0.897. The fourth-order valence-electron chi connectivity index (χ4n) is 3.92. The first-order chi connectivity index (χ1) is 18.2. The molecule has 0 heterocycles. The number of hydrogen-bond acceptors (Lipinski definition) is 4. The largest absolute Gasteiger partial charge is 0.350 e. The van der Waals surface area contributed by atoms with Gasteiger partial charge in [-0.2, -0.15) is 0 Å². The standard InChI is InChI=1S/C29H33Cl2N3O4S/c1-20-9-6-7-10-22(20)18-33(21(2)28(36)32-29(3,4)5)27(35)19-34(25-12-8-11-24(31)17-25)39(37,38)26-15-13-23(30)14-16-26/h6-17,21H,18-19H2,1-5H3,(H,32,36)/t21-/m0/s1. The van der Waals surface area contributed by atoms with Crippen LogP contribution in [0, 0.1) is 6.92 Å². The molecule has 10 heteroatoms. The monoisotopic (exact) mass is 589 g/mol. The highest BCUT2D eigenvalue weighted by Gasteiger charge is 2.33. The van der Waals surface area contributed by atoms with Crippen LogP contribution in [-0.4, -0.2) is 43.3 Å².